The number of Topliss-reactive ketones (excluding diaryl/α,β-unsaturated/α-hetero) is 1. The maximum atomic E-state index is 13.0. The lowest BCUT2D eigenvalue weighted by Crippen LogP contribution is -2.58. The zero-order chi connectivity index (χ0) is 27.1. The third-order valence-electron chi connectivity index (χ3n) is 5.44. The van der Waals surface area contributed by atoms with Crippen molar-refractivity contribution in [1.29, 1.82) is 0 Å². The van der Waals surface area contributed by atoms with Crippen LogP contribution in [0, 0.1) is 11.8 Å². The number of carbonyl (C=O) groups is 6. The van der Waals surface area contributed by atoms with E-state index in [4.69, 9.17) is 5.73 Å². The number of ketones is 1. The Labute approximate surface area is 208 Å². The molecule has 200 valence electrons. The molecule has 0 aromatic rings. The molecule has 0 aliphatic heterocycles. The molecule has 11 heteroatoms. The number of rotatable bonds is 17. The molecule has 3 atom stereocenters. The lowest BCUT2D eigenvalue weighted by Gasteiger charge is -2.27. The predicted octanol–water partition coefficient (Wildman–Crippen LogP) is 0.304. The Morgan fingerprint density at radius 3 is 1.80 bits per heavy atom. The second-order valence-corrected chi connectivity index (χ2v) is 9.36. The fraction of sp³-hybridized carbons (Fsp3) is 0.750. The van der Waals surface area contributed by atoms with Gasteiger partial charge in [-0.05, 0) is 31.1 Å². The van der Waals surface area contributed by atoms with Crippen LogP contribution in [0.1, 0.15) is 80.1 Å². The number of amides is 5. The van der Waals surface area contributed by atoms with Gasteiger partial charge in [0.1, 0.15) is 23.9 Å². The van der Waals surface area contributed by atoms with E-state index in [1.807, 2.05) is 6.92 Å². The van der Waals surface area contributed by atoms with Gasteiger partial charge in [-0.2, -0.15) is 0 Å². The lowest BCUT2D eigenvalue weighted by atomic mass is 10.0. The Morgan fingerprint density at radius 1 is 0.743 bits per heavy atom. The first-order valence-electron chi connectivity index (χ1n) is 12.3. The van der Waals surface area contributed by atoms with Crippen molar-refractivity contribution in [2.24, 2.45) is 17.6 Å². The first kappa shape index (κ1) is 32.0. The van der Waals surface area contributed by atoms with Crippen molar-refractivity contribution in [3.05, 3.63) is 0 Å². The number of primary amides is 1. The van der Waals surface area contributed by atoms with Crippen LogP contribution in [0.5, 0.6) is 0 Å². The standard InChI is InChI=1S/C24H43N5O6/c1-7-17(31)10-8-9-13-26-23(34)20(14(2)3)29-22(33)18(11-12-19(25)32)28-24(35)21(15(4)5)27-16(6)30/h14-15,18,20-21H,7-13H2,1-6H3,(H2,25,32)(H,26,34)(H,27,30)(H,28,35)(H,29,33). The molecule has 0 aliphatic carbocycles. The molecule has 0 fully saturated rings. The predicted molar refractivity (Wildman–Crippen MR) is 132 cm³/mol. The third kappa shape index (κ3) is 13.5. The molecule has 6 N–H and O–H groups in total. The molecular formula is C24H43N5O6. The highest BCUT2D eigenvalue weighted by molar-refractivity contribution is 5.94. The van der Waals surface area contributed by atoms with Gasteiger partial charge in [0, 0.05) is 32.7 Å². The van der Waals surface area contributed by atoms with Gasteiger partial charge in [0.2, 0.25) is 29.5 Å². The van der Waals surface area contributed by atoms with Gasteiger partial charge in [-0.15, -0.1) is 0 Å². The van der Waals surface area contributed by atoms with Crippen LogP contribution in [-0.4, -0.2) is 60.0 Å². The first-order chi connectivity index (χ1) is 16.3. The van der Waals surface area contributed by atoms with Crippen molar-refractivity contribution in [1.82, 2.24) is 21.3 Å². The van der Waals surface area contributed by atoms with Crippen LogP contribution >= 0.6 is 0 Å². The van der Waals surface area contributed by atoms with Crippen molar-refractivity contribution >= 4 is 35.3 Å². The van der Waals surface area contributed by atoms with Crippen molar-refractivity contribution in [3.63, 3.8) is 0 Å². The monoisotopic (exact) mass is 497 g/mol. The van der Waals surface area contributed by atoms with Crippen molar-refractivity contribution in [3.8, 4) is 0 Å². The summed E-state index contributed by atoms with van der Waals surface area (Å²) in [6.45, 7) is 10.5. The topological polar surface area (TPSA) is 177 Å². The van der Waals surface area contributed by atoms with E-state index in [2.05, 4.69) is 21.3 Å². The molecule has 0 rings (SSSR count). The molecule has 5 amide bonds. The molecule has 0 heterocycles. The Hall–Kier alpha value is -2.98. The maximum Gasteiger partial charge on any atom is 0.243 e. The van der Waals surface area contributed by atoms with Crippen LogP contribution in [0.25, 0.3) is 0 Å². The van der Waals surface area contributed by atoms with Crippen molar-refractivity contribution in [2.75, 3.05) is 6.54 Å². The summed E-state index contributed by atoms with van der Waals surface area (Å²) in [5.41, 5.74) is 5.22. The quantitative estimate of drug-likeness (QED) is 0.181. The number of hydrogen-bond acceptors (Lipinski definition) is 6. The van der Waals surface area contributed by atoms with E-state index in [1.54, 1.807) is 27.7 Å². The normalized spacial score (nSPS) is 13.5. The van der Waals surface area contributed by atoms with Gasteiger partial charge < -0.3 is 27.0 Å². The van der Waals surface area contributed by atoms with E-state index < -0.39 is 41.8 Å². The zero-order valence-electron chi connectivity index (χ0n) is 21.9. The van der Waals surface area contributed by atoms with Crippen LogP contribution < -0.4 is 27.0 Å². The molecule has 11 nitrogen and oxygen atoms in total. The third-order valence-corrected chi connectivity index (χ3v) is 5.44. The molecule has 0 aromatic carbocycles. The van der Waals surface area contributed by atoms with Gasteiger partial charge in [0.15, 0.2) is 0 Å². The van der Waals surface area contributed by atoms with E-state index >= 15 is 0 Å². The molecule has 0 saturated heterocycles. The maximum absolute atomic E-state index is 13.0. The molecule has 3 unspecified atom stereocenters. The van der Waals surface area contributed by atoms with Crippen LogP contribution in [0.3, 0.4) is 0 Å². The average molecular weight is 498 g/mol. The van der Waals surface area contributed by atoms with Crippen molar-refractivity contribution in [2.45, 2.75) is 98.2 Å². The summed E-state index contributed by atoms with van der Waals surface area (Å²) >= 11 is 0. The Morgan fingerprint density at radius 2 is 1.31 bits per heavy atom. The molecular weight excluding hydrogens is 454 g/mol. The molecule has 35 heavy (non-hydrogen) atoms. The van der Waals surface area contributed by atoms with Crippen LogP contribution in [0.2, 0.25) is 0 Å². The summed E-state index contributed by atoms with van der Waals surface area (Å²) in [6, 6.07) is -2.87. The SMILES string of the molecule is CCC(=O)CCCCNC(=O)C(NC(=O)C(CCC(N)=O)NC(=O)C(NC(C)=O)C(C)C)C(C)C. The van der Waals surface area contributed by atoms with Gasteiger partial charge in [-0.1, -0.05) is 34.6 Å². The van der Waals surface area contributed by atoms with Crippen LogP contribution in [0.4, 0.5) is 0 Å². The minimum absolute atomic E-state index is 0.0598. The van der Waals surface area contributed by atoms with Gasteiger partial charge in [-0.3, -0.25) is 28.8 Å². The zero-order valence-corrected chi connectivity index (χ0v) is 21.9. The van der Waals surface area contributed by atoms with E-state index in [0.717, 1.165) is 0 Å². The van der Waals surface area contributed by atoms with E-state index in [9.17, 15) is 28.8 Å². The molecule has 0 saturated carbocycles. The number of carbonyl (C=O) groups excluding carboxylic acids is 6. The number of nitrogens with one attached hydrogen (secondary N) is 4. The summed E-state index contributed by atoms with van der Waals surface area (Å²) in [7, 11) is 0. The smallest absolute Gasteiger partial charge is 0.243 e. The van der Waals surface area contributed by atoms with Crippen LogP contribution in [0.15, 0.2) is 0 Å². The second kappa shape index (κ2) is 16.6. The highest BCUT2D eigenvalue weighted by Crippen LogP contribution is 2.08. The minimum atomic E-state index is -1.13. The Balaban J connectivity index is 5.26. The molecule has 0 aliphatic rings. The van der Waals surface area contributed by atoms with E-state index in [0.29, 0.717) is 32.2 Å². The highest BCUT2D eigenvalue weighted by Gasteiger charge is 2.31. The summed E-state index contributed by atoms with van der Waals surface area (Å²) < 4.78 is 0. The van der Waals surface area contributed by atoms with Gasteiger partial charge in [-0.25, -0.2) is 0 Å². The summed E-state index contributed by atoms with van der Waals surface area (Å²) in [5.74, 6) is -2.96. The lowest BCUT2D eigenvalue weighted by molar-refractivity contribution is -0.135. The largest absolute Gasteiger partial charge is 0.370 e. The van der Waals surface area contributed by atoms with Gasteiger partial charge >= 0.3 is 0 Å². The summed E-state index contributed by atoms with van der Waals surface area (Å²) in [5, 5.41) is 10.6. The summed E-state index contributed by atoms with van der Waals surface area (Å²) in [6.07, 6.45) is 2.04. The average Bonchev–Trinajstić information content (AvgIpc) is 2.76. The van der Waals surface area contributed by atoms with E-state index in [-0.39, 0.29) is 36.4 Å². The second-order valence-electron chi connectivity index (χ2n) is 9.36. The highest BCUT2D eigenvalue weighted by atomic mass is 16.2. The number of hydrogen-bond donors (Lipinski definition) is 5. The van der Waals surface area contributed by atoms with Gasteiger partial charge in [0.25, 0.3) is 0 Å². The summed E-state index contributed by atoms with van der Waals surface area (Å²) in [4.78, 5) is 72.7. The van der Waals surface area contributed by atoms with E-state index in [1.165, 1.54) is 6.92 Å². The molecule has 0 aromatic heterocycles. The van der Waals surface area contributed by atoms with Gasteiger partial charge in [0.05, 0.1) is 0 Å². The first-order valence-corrected chi connectivity index (χ1v) is 12.3. The number of nitrogens with two attached hydrogens (primary N) is 1. The fourth-order valence-electron chi connectivity index (χ4n) is 3.31. The van der Waals surface area contributed by atoms with Crippen LogP contribution in [-0.2, 0) is 28.8 Å². The number of unbranched alkanes of at least 4 members (excludes halogenated alkanes) is 1. The molecule has 0 bridgehead atoms. The minimum Gasteiger partial charge on any atom is -0.370 e. The molecule has 0 radical (unpaired) electrons. The Kier molecular flexibility index (Phi) is 15.2. The Bertz CT molecular complexity index is 753. The van der Waals surface area contributed by atoms with Crippen molar-refractivity contribution < 1.29 is 28.8 Å². The molecule has 0 spiro atoms. The fourth-order valence-corrected chi connectivity index (χ4v) is 3.31.